The average molecular weight is 360 g/mol. The van der Waals surface area contributed by atoms with Gasteiger partial charge in [-0.1, -0.05) is 24.3 Å². The van der Waals surface area contributed by atoms with E-state index in [9.17, 15) is 15.0 Å². The molecule has 0 bridgehead atoms. The fourth-order valence-corrected chi connectivity index (χ4v) is 3.94. The molecule has 2 aromatic carbocycles. The van der Waals surface area contributed by atoms with Crippen LogP contribution in [-0.4, -0.2) is 16.2 Å². The highest BCUT2D eigenvalue weighted by molar-refractivity contribution is 5.98. The van der Waals surface area contributed by atoms with Crippen LogP contribution >= 0.6 is 0 Å². The van der Waals surface area contributed by atoms with Crippen LogP contribution in [0.2, 0.25) is 0 Å². The molecule has 27 heavy (non-hydrogen) atoms. The largest absolute Gasteiger partial charge is 0.508 e. The number of phenols is 2. The Balaban J connectivity index is 1.88. The summed E-state index contributed by atoms with van der Waals surface area (Å²) in [6.07, 6.45) is 9.45. The molecule has 2 N–H and O–H groups in total. The minimum Gasteiger partial charge on any atom is -0.508 e. The minimum atomic E-state index is -1.19. The van der Waals surface area contributed by atoms with Crippen LogP contribution < -0.4 is 4.74 Å². The van der Waals surface area contributed by atoms with Gasteiger partial charge >= 0.3 is 5.97 Å². The van der Waals surface area contributed by atoms with Crippen LogP contribution in [0, 0.1) is 0 Å². The molecule has 1 aliphatic carbocycles. The summed E-state index contributed by atoms with van der Waals surface area (Å²) in [6.45, 7) is 0. The topological polar surface area (TPSA) is 76.0 Å². The van der Waals surface area contributed by atoms with Crippen molar-refractivity contribution in [3.05, 3.63) is 83.0 Å². The second-order valence-corrected chi connectivity index (χ2v) is 6.74. The highest BCUT2D eigenvalue weighted by atomic mass is 16.6. The normalized spacial score (nSPS) is 18.9. The Morgan fingerprint density at radius 3 is 2.07 bits per heavy atom. The van der Waals surface area contributed by atoms with Gasteiger partial charge in [0.15, 0.2) is 5.60 Å². The molecule has 2 aliphatic heterocycles. The third-order valence-corrected chi connectivity index (χ3v) is 5.11. The molecule has 0 atom stereocenters. The minimum absolute atomic E-state index is 0.0409. The number of fused-ring (bicyclic) bond motifs is 5. The molecule has 2 aromatic rings. The summed E-state index contributed by atoms with van der Waals surface area (Å²) in [5.41, 5.74) is 1.32. The van der Waals surface area contributed by atoms with Gasteiger partial charge in [-0.3, -0.25) is 0 Å². The Hall–Kier alpha value is -3.47. The monoisotopic (exact) mass is 360 g/mol. The van der Waals surface area contributed by atoms with Crippen LogP contribution in [0.4, 0.5) is 0 Å². The van der Waals surface area contributed by atoms with Crippen molar-refractivity contribution >= 4 is 5.97 Å². The number of aromatic hydroxyl groups is 2. The lowest BCUT2D eigenvalue weighted by atomic mass is 9.76. The Kier molecular flexibility index (Phi) is 3.22. The molecule has 0 unspecified atom stereocenters. The fourth-order valence-electron chi connectivity index (χ4n) is 3.94. The maximum Gasteiger partial charge on any atom is 0.340 e. The van der Waals surface area contributed by atoms with Crippen LogP contribution in [0.25, 0.3) is 0 Å². The molecule has 0 amide bonds. The predicted molar refractivity (Wildman–Crippen MR) is 97.7 cm³/mol. The number of rotatable bonds is 0. The summed E-state index contributed by atoms with van der Waals surface area (Å²) in [7, 11) is 0. The number of allylic oxidation sites excluding steroid dienone is 2. The van der Waals surface area contributed by atoms with E-state index in [1.165, 1.54) is 12.1 Å². The molecule has 134 valence electrons. The molecule has 5 rings (SSSR count). The fraction of sp³-hybridized carbons (Fsp3) is 0.136. The SMILES string of the molecule is O=C1OC2(C3=C1C=CCCC=C3)c1ccc(O)cc1Oc1cc(O)ccc12. The molecule has 5 nitrogen and oxygen atoms in total. The zero-order chi connectivity index (χ0) is 18.6. The first-order chi connectivity index (χ1) is 13.1. The van der Waals surface area contributed by atoms with Gasteiger partial charge in [0.1, 0.15) is 23.0 Å². The number of phenolic OH excluding ortho intramolecular Hbond substituents is 2. The van der Waals surface area contributed by atoms with Crippen LogP contribution in [0.1, 0.15) is 24.0 Å². The van der Waals surface area contributed by atoms with Gasteiger partial charge < -0.3 is 19.7 Å². The third-order valence-electron chi connectivity index (χ3n) is 5.11. The second-order valence-electron chi connectivity index (χ2n) is 6.74. The zero-order valence-electron chi connectivity index (χ0n) is 14.3. The third kappa shape index (κ3) is 2.15. The lowest BCUT2D eigenvalue weighted by molar-refractivity contribution is -0.144. The van der Waals surface area contributed by atoms with Gasteiger partial charge in [0.25, 0.3) is 0 Å². The molecule has 0 saturated heterocycles. The van der Waals surface area contributed by atoms with E-state index in [0.717, 1.165) is 18.4 Å². The maximum absolute atomic E-state index is 12.8. The second kappa shape index (κ2) is 5.51. The Bertz CT molecular complexity index is 1020. The number of benzene rings is 2. The smallest absolute Gasteiger partial charge is 0.340 e. The Morgan fingerprint density at radius 2 is 1.44 bits per heavy atom. The number of carbonyl (C=O) groups excluding carboxylic acids is 1. The van der Waals surface area contributed by atoms with E-state index in [1.54, 1.807) is 24.3 Å². The van der Waals surface area contributed by atoms with Gasteiger partial charge in [0.05, 0.1) is 5.57 Å². The molecular weight excluding hydrogens is 344 g/mol. The van der Waals surface area contributed by atoms with Gasteiger partial charge in [-0.15, -0.1) is 0 Å². The quantitative estimate of drug-likeness (QED) is 0.689. The molecule has 2 heterocycles. The van der Waals surface area contributed by atoms with Crippen molar-refractivity contribution < 1.29 is 24.5 Å². The first-order valence-corrected chi connectivity index (χ1v) is 8.75. The van der Waals surface area contributed by atoms with Crippen molar-refractivity contribution in [3.8, 4) is 23.0 Å². The first-order valence-electron chi connectivity index (χ1n) is 8.75. The molecule has 3 aliphatic rings. The first kappa shape index (κ1) is 15.8. The van der Waals surface area contributed by atoms with Crippen molar-refractivity contribution in [1.82, 2.24) is 0 Å². The molecule has 0 aromatic heterocycles. The molecule has 0 radical (unpaired) electrons. The maximum atomic E-state index is 12.8. The van der Waals surface area contributed by atoms with E-state index < -0.39 is 11.6 Å². The van der Waals surface area contributed by atoms with Crippen molar-refractivity contribution in [3.63, 3.8) is 0 Å². The van der Waals surface area contributed by atoms with Crippen molar-refractivity contribution in [2.75, 3.05) is 0 Å². The summed E-state index contributed by atoms with van der Waals surface area (Å²) in [5, 5.41) is 19.8. The van der Waals surface area contributed by atoms with Gasteiger partial charge in [-0.05, 0) is 37.1 Å². The molecule has 5 heteroatoms. The number of carbonyl (C=O) groups is 1. The van der Waals surface area contributed by atoms with Gasteiger partial charge in [-0.2, -0.15) is 0 Å². The number of hydrogen-bond acceptors (Lipinski definition) is 5. The van der Waals surface area contributed by atoms with Gasteiger partial charge in [0, 0.05) is 28.8 Å². The Morgan fingerprint density at radius 1 is 0.852 bits per heavy atom. The average Bonchev–Trinajstić information content (AvgIpc) is 2.85. The van der Waals surface area contributed by atoms with Gasteiger partial charge in [0.2, 0.25) is 0 Å². The lowest BCUT2D eigenvalue weighted by Gasteiger charge is -2.37. The molecular formula is C22H16O5. The van der Waals surface area contributed by atoms with Crippen LogP contribution in [0.15, 0.2) is 71.8 Å². The molecule has 1 spiro atoms. The highest BCUT2D eigenvalue weighted by Crippen LogP contribution is 2.57. The summed E-state index contributed by atoms with van der Waals surface area (Å²) in [6, 6.07) is 9.48. The highest BCUT2D eigenvalue weighted by Gasteiger charge is 2.53. The van der Waals surface area contributed by atoms with E-state index in [-0.39, 0.29) is 11.5 Å². The van der Waals surface area contributed by atoms with Gasteiger partial charge in [-0.25, -0.2) is 4.79 Å². The number of hydrogen-bond donors (Lipinski definition) is 2. The van der Waals surface area contributed by atoms with E-state index in [0.29, 0.717) is 28.2 Å². The van der Waals surface area contributed by atoms with E-state index in [2.05, 4.69) is 0 Å². The molecule has 0 saturated carbocycles. The Labute approximate surface area is 155 Å². The summed E-state index contributed by atoms with van der Waals surface area (Å²) < 4.78 is 11.9. The van der Waals surface area contributed by atoms with E-state index in [4.69, 9.17) is 9.47 Å². The number of ether oxygens (including phenoxy) is 2. The summed E-state index contributed by atoms with van der Waals surface area (Å²) >= 11 is 0. The summed E-state index contributed by atoms with van der Waals surface area (Å²) in [4.78, 5) is 12.8. The van der Waals surface area contributed by atoms with Crippen molar-refractivity contribution in [1.29, 1.82) is 0 Å². The lowest BCUT2D eigenvalue weighted by Crippen LogP contribution is -2.33. The number of esters is 1. The zero-order valence-corrected chi connectivity index (χ0v) is 14.3. The predicted octanol–water partition coefficient (Wildman–Crippen LogP) is 4.21. The van der Waals surface area contributed by atoms with Crippen molar-refractivity contribution in [2.24, 2.45) is 0 Å². The van der Waals surface area contributed by atoms with Crippen LogP contribution in [0.3, 0.4) is 0 Å². The van der Waals surface area contributed by atoms with E-state index in [1.807, 2.05) is 24.3 Å². The van der Waals surface area contributed by atoms with Crippen LogP contribution in [0.5, 0.6) is 23.0 Å². The van der Waals surface area contributed by atoms with Crippen LogP contribution in [-0.2, 0) is 15.1 Å². The standard InChI is InChI=1S/C22H16O5/c23-13-7-9-17-19(11-13)26-20-12-14(24)8-10-18(20)22(17)16-6-4-2-1-3-5-15(16)21(25)27-22/h3-12,23-24H,1-2H2. The molecule has 0 fully saturated rings. The van der Waals surface area contributed by atoms with Crippen molar-refractivity contribution in [2.45, 2.75) is 18.4 Å². The summed E-state index contributed by atoms with van der Waals surface area (Å²) in [5.74, 6) is 0.439. The van der Waals surface area contributed by atoms with E-state index >= 15 is 0 Å².